The molecule has 3 fully saturated rings. The maximum absolute atomic E-state index is 12.9. The minimum Gasteiger partial charge on any atom is -0.457 e. The van der Waals surface area contributed by atoms with Crippen molar-refractivity contribution in [3.8, 4) is 11.5 Å². The van der Waals surface area contributed by atoms with Crippen LogP contribution in [0.1, 0.15) is 18.4 Å². The van der Waals surface area contributed by atoms with Crippen molar-refractivity contribution in [2.75, 3.05) is 18.4 Å². The van der Waals surface area contributed by atoms with Crippen molar-refractivity contribution in [2.24, 2.45) is 5.92 Å². The topological polar surface area (TPSA) is 66.5 Å². The van der Waals surface area contributed by atoms with E-state index in [1.165, 1.54) is 5.56 Å². The fourth-order valence-corrected chi connectivity index (χ4v) is 4.96. The molecular formula is C26H28N4O2. The molecule has 6 rings (SSSR count). The van der Waals surface area contributed by atoms with E-state index in [9.17, 15) is 4.79 Å². The van der Waals surface area contributed by atoms with Crippen LogP contribution in [0.5, 0.6) is 11.5 Å². The summed E-state index contributed by atoms with van der Waals surface area (Å²) >= 11 is 0. The summed E-state index contributed by atoms with van der Waals surface area (Å²) in [6.07, 6.45) is 6.90. The number of fused-ring (bicyclic) bond motifs is 3. The predicted octanol–water partition coefficient (Wildman–Crippen LogP) is 4.70. The molecule has 2 bridgehead atoms. The highest BCUT2D eigenvalue weighted by Crippen LogP contribution is 2.34. The van der Waals surface area contributed by atoms with Crippen molar-refractivity contribution in [1.82, 2.24) is 15.2 Å². The molecule has 6 nitrogen and oxygen atoms in total. The second-order valence-corrected chi connectivity index (χ2v) is 8.57. The van der Waals surface area contributed by atoms with Crippen LogP contribution in [0.2, 0.25) is 0 Å². The largest absolute Gasteiger partial charge is 0.457 e. The zero-order chi connectivity index (χ0) is 21.8. The first-order valence-electron chi connectivity index (χ1n) is 11.3. The summed E-state index contributed by atoms with van der Waals surface area (Å²) in [5.41, 5.74) is 1.92. The molecule has 0 aliphatic carbocycles. The number of hydrogen-bond acceptors (Lipinski definition) is 4. The molecule has 1 aromatic heterocycles. The highest BCUT2D eigenvalue weighted by atomic mass is 16.5. The Kier molecular flexibility index (Phi) is 6.03. The molecule has 3 aromatic rings. The van der Waals surface area contributed by atoms with Gasteiger partial charge in [0.2, 0.25) is 0 Å². The number of carbonyl (C=O) groups excluding carboxylic acids is 1. The lowest BCUT2D eigenvalue weighted by Crippen LogP contribution is -2.64. The first kappa shape index (κ1) is 20.5. The number of carbonyl (C=O) groups is 1. The number of anilines is 1. The first-order chi connectivity index (χ1) is 15.7. The Hall–Kier alpha value is -3.38. The van der Waals surface area contributed by atoms with Crippen molar-refractivity contribution in [1.29, 1.82) is 0 Å². The minimum atomic E-state index is -0.170. The number of para-hydroxylation sites is 1. The third-order valence-corrected chi connectivity index (χ3v) is 6.50. The molecule has 32 heavy (non-hydrogen) atoms. The lowest BCUT2D eigenvalue weighted by molar-refractivity contribution is 0.0184. The number of ether oxygens (including phenoxy) is 1. The zero-order valence-electron chi connectivity index (χ0n) is 18.0. The number of aromatic nitrogens is 1. The normalized spacial score (nSPS) is 24.0. The van der Waals surface area contributed by atoms with Crippen LogP contribution in [-0.2, 0) is 6.42 Å². The molecule has 4 heterocycles. The van der Waals surface area contributed by atoms with Crippen LogP contribution >= 0.6 is 0 Å². The number of pyridine rings is 1. The molecule has 0 saturated carbocycles. The fourth-order valence-electron chi connectivity index (χ4n) is 4.96. The van der Waals surface area contributed by atoms with Gasteiger partial charge in [0.05, 0.1) is 0 Å². The van der Waals surface area contributed by atoms with E-state index in [1.54, 1.807) is 6.20 Å². The number of rotatable bonds is 6. The summed E-state index contributed by atoms with van der Waals surface area (Å²) in [4.78, 5) is 19.7. The van der Waals surface area contributed by atoms with Crippen LogP contribution in [0.25, 0.3) is 0 Å². The Morgan fingerprint density at radius 1 is 1.00 bits per heavy atom. The number of piperidine rings is 3. The maximum atomic E-state index is 12.9. The first-order valence-corrected chi connectivity index (χ1v) is 11.3. The summed E-state index contributed by atoms with van der Waals surface area (Å²) in [7, 11) is 0. The standard InChI is InChI=1S/C26H28N4O2/c31-26(28-21-7-4-10-23(17-21)32-22-8-2-1-3-9-22)29-25-20-11-14-30(15-12-20)24(25)16-19-6-5-13-27-18-19/h1-10,13,17-18,20,24-25H,11-12,14-16H2,(H2,28,29,31). The molecule has 3 aliphatic rings. The van der Waals surface area contributed by atoms with E-state index in [0.29, 0.717) is 23.4 Å². The second-order valence-electron chi connectivity index (χ2n) is 8.57. The smallest absolute Gasteiger partial charge is 0.319 e. The monoisotopic (exact) mass is 428 g/mol. The van der Waals surface area contributed by atoms with Crippen LogP contribution in [0.15, 0.2) is 79.1 Å². The molecule has 164 valence electrons. The van der Waals surface area contributed by atoms with E-state index in [0.717, 1.165) is 38.1 Å². The van der Waals surface area contributed by atoms with Crippen molar-refractivity contribution in [2.45, 2.75) is 31.3 Å². The lowest BCUT2D eigenvalue weighted by Gasteiger charge is -2.51. The number of urea groups is 1. The van der Waals surface area contributed by atoms with E-state index >= 15 is 0 Å². The second kappa shape index (κ2) is 9.40. The van der Waals surface area contributed by atoms with Gasteiger partial charge in [-0.2, -0.15) is 0 Å². The summed E-state index contributed by atoms with van der Waals surface area (Å²) in [5.74, 6) is 1.96. The van der Waals surface area contributed by atoms with Crippen LogP contribution < -0.4 is 15.4 Å². The molecule has 2 aromatic carbocycles. The third kappa shape index (κ3) is 4.75. The van der Waals surface area contributed by atoms with Gasteiger partial charge in [-0.05, 0) is 74.2 Å². The van der Waals surface area contributed by atoms with E-state index in [4.69, 9.17) is 4.74 Å². The van der Waals surface area contributed by atoms with Gasteiger partial charge in [-0.3, -0.25) is 9.88 Å². The molecule has 0 radical (unpaired) electrons. The predicted molar refractivity (Wildman–Crippen MR) is 125 cm³/mol. The molecule has 6 heteroatoms. The average Bonchev–Trinajstić information content (AvgIpc) is 2.83. The fraction of sp³-hybridized carbons (Fsp3) is 0.308. The highest BCUT2D eigenvalue weighted by Gasteiger charge is 2.42. The van der Waals surface area contributed by atoms with Crippen LogP contribution in [-0.4, -0.2) is 41.1 Å². The molecular weight excluding hydrogens is 400 g/mol. The van der Waals surface area contributed by atoms with E-state index in [2.05, 4.69) is 26.6 Å². The molecule has 2 unspecified atom stereocenters. The maximum Gasteiger partial charge on any atom is 0.319 e. The van der Waals surface area contributed by atoms with Crippen molar-refractivity contribution >= 4 is 11.7 Å². The Labute approximate surface area is 188 Å². The van der Waals surface area contributed by atoms with E-state index in [-0.39, 0.29) is 12.1 Å². The van der Waals surface area contributed by atoms with Gasteiger partial charge in [0.25, 0.3) is 0 Å². The van der Waals surface area contributed by atoms with Gasteiger partial charge in [0, 0.05) is 36.2 Å². The summed E-state index contributed by atoms with van der Waals surface area (Å²) < 4.78 is 5.89. The van der Waals surface area contributed by atoms with Gasteiger partial charge in [0.15, 0.2) is 0 Å². The molecule has 3 saturated heterocycles. The molecule has 2 N–H and O–H groups in total. The van der Waals surface area contributed by atoms with Crippen LogP contribution in [0.4, 0.5) is 10.5 Å². The Morgan fingerprint density at radius 3 is 2.59 bits per heavy atom. The average molecular weight is 429 g/mol. The van der Waals surface area contributed by atoms with Gasteiger partial charge in [-0.25, -0.2) is 4.79 Å². The van der Waals surface area contributed by atoms with Gasteiger partial charge >= 0.3 is 6.03 Å². The quantitative estimate of drug-likeness (QED) is 0.597. The van der Waals surface area contributed by atoms with Crippen molar-refractivity contribution in [3.63, 3.8) is 0 Å². The number of amides is 2. The van der Waals surface area contributed by atoms with Gasteiger partial charge in [-0.1, -0.05) is 30.3 Å². The Bertz CT molecular complexity index is 1040. The lowest BCUT2D eigenvalue weighted by atomic mass is 9.77. The van der Waals surface area contributed by atoms with Gasteiger partial charge in [-0.15, -0.1) is 0 Å². The number of nitrogens with one attached hydrogen (secondary N) is 2. The number of nitrogens with zero attached hydrogens (tertiary/aromatic N) is 2. The molecule has 0 spiro atoms. The van der Waals surface area contributed by atoms with E-state index in [1.807, 2.05) is 66.9 Å². The molecule has 2 amide bonds. The molecule has 2 atom stereocenters. The number of hydrogen-bond donors (Lipinski definition) is 2. The Morgan fingerprint density at radius 2 is 1.81 bits per heavy atom. The van der Waals surface area contributed by atoms with Gasteiger partial charge in [0.1, 0.15) is 11.5 Å². The molecule has 3 aliphatic heterocycles. The van der Waals surface area contributed by atoms with Crippen LogP contribution in [0.3, 0.4) is 0 Å². The summed E-state index contributed by atoms with van der Waals surface area (Å²) in [6.45, 7) is 2.21. The summed E-state index contributed by atoms with van der Waals surface area (Å²) in [6, 6.07) is 21.5. The van der Waals surface area contributed by atoms with Gasteiger partial charge < -0.3 is 15.4 Å². The van der Waals surface area contributed by atoms with Crippen molar-refractivity contribution in [3.05, 3.63) is 84.7 Å². The Balaban J connectivity index is 1.25. The third-order valence-electron chi connectivity index (χ3n) is 6.50. The SMILES string of the molecule is O=C(Nc1cccc(Oc2ccccc2)c1)NC1C2CCN(CC2)C1Cc1cccnc1. The minimum absolute atomic E-state index is 0.126. The number of benzene rings is 2. The zero-order valence-corrected chi connectivity index (χ0v) is 18.0. The summed E-state index contributed by atoms with van der Waals surface area (Å²) in [5, 5.41) is 6.28. The van der Waals surface area contributed by atoms with E-state index < -0.39 is 0 Å². The van der Waals surface area contributed by atoms with Crippen molar-refractivity contribution < 1.29 is 9.53 Å². The van der Waals surface area contributed by atoms with Crippen LogP contribution in [0, 0.1) is 5.92 Å². The highest BCUT2D eigenvalue weighted by molar-refractivity contribution is 5.89.